The van der Waals surface area contributed by atoms with Crippen LogP contribution in [-0.2, 0) is 14.3 Å². The summed E-state index contributed by atoms with van der Waals surface area (Å²) in [6, 6.07) is 0. The second-order valence-corrected chi connectivity index (χ2v) is 1.09. The number of carbonyl (C=O) groups is 1. The van der Waals surface area contributed by atoms with Crippen molar-refractivity contribution in [2.24, 2.45) is 4.99 Å². The third kappa shape index (κ3) is 0.527. The minimum Gasteiger partial charge on any atom is -0.428 e. The molecule has 0 atom stereocenters. The van der Waals surface area contributed by atoms with E-state index in [2.05, 4.69) is 9.73 Å². The lowest BCUT2D eigenvalue weighted by Gasteiger charge is -1.79. The van der Waals surface area contributed by atoms with Crippen LogP contribution in [0, 0.1) is 0 Å². The van der Waals surface area contributed by atoms with Crippen molar-refractivity contribution in [3.8, 4) is 0 Å². The van der Waals surface area contributed by atoms with Crippen LogP contribution in [0.3, 0.4) is 0 Å². The standard InChI is InChI=1S/C4HNO3/c6-1-3-4(7)5-2-8-3/h2H. The van der Waals surface area contributed by atoms with E-state index in [0.717, 1.165) is 6.40 Å². The van der Waals surface area contributed by atoms with Gasteiger partial charge in [-0.3, -0.25) is 4.79 Å². The van der Waals surface area contributed by atoms with Gasteiger partial charge in [0.1, 0.15) is 0 Å². The molecule has 0 saturated heterocycles. The molecular formula is C4HNO3. The lowest BCUT2D eigenvalue weighted by molar-refractivity contribution is -0.115. The summed E-state index contributed by atoms with van der Waals surface area (Å²) in [6.45, 7) is 0. The molecule has 0 radical (unpaired) electrons. The van der Waals surface area contributed by atoms with Crippen LogP contribution in [0.4, 0.5) is 0 Å². The van der Waals surface area contributed by atoms with Gasteiger partial charge < -0.3 is 4.74 Å². The Bertz CT molecular complexity index is 199. The van der Waals surface area contributed by atoms with Crippen molar-refractivity contribution in [2.75, 3.05) is 0 Å². The van der Waals surface area contributed by atoms with E-state index in [-0.39, 0.29) is 5.76 Å². The highest BCUT2D eigenvalue weighted by Gasteiger charge is 2.14. The highest BCUT2D eigenvalue weighted by molar-refractivity contribution is 6.06. The molecule has 1 aliphatic rings. The number of hydrogen-bond donors (Lipinski definition) is 0. The first-order chi connectivity index (χ1) is 3.84. The normalized spacial score (nSPS) is 16.0. The Balaban J connectivity index is 2.95. The smallest absolute Gasteiger partial charge is 0.327 e. The van der Waals surface area contributed by atoms with Crippen LogP contribution >= 0.6 is 0 Å². The molecular weight excluding hydrogens is 110 g/mol. The average molecular weight is 111 g/mol. The summed E-state index contributed by atoms with van der Waals surface area (Å²) >= 11 is 0. The summed E-state index contributed by atoms with van der Waals surface area (Å²) in [7, 11) is 0. The van der Waals surface area contributed by atoms with Gasteiger partial charge in [-0.15, -0.1) is 0 Å². The van der Waals surface area contributed by atoms with E-state index in [9.17, 15) is 9.59 Å². The van der Waals surface area contributed by atoms with Crippen LogP contribution in [0.2, 0.25) is 0 Å². The fourth-order valence-electron chi connectivity index (χ4n) is 0.304. The third-order valence-electron chi connectivity index (χ3n) is 0.627. The first-order valence-electron chi connectivity index (χ1n) is 1.83. The van der Waals surface area contributed by atoms with Crippen molar-refractivity contribution < 1.29 is 14.3 Å². The van der Waals surface area contributed by atoms with E-state index in [1.807, 2.05) is 0 Å². The van der Waals surface area contributed by atoms with Crippen LogP contribution < -0.4 is 0 Å². The maximum Gasteiger partial charge on any atom is 0.327 e. The summed E-state index contributed by atoms with van der Waals surface area (Å²) in [5, 5.41) is 0. The van der Waals surface area contributed by atoms with Crippen LogP contribution in [0.1, 0.15) is 0 Å². The van der Waals surface area contributed by atoms with Crippen LogP contribution in [0.15, 0.2) is 10.8 Å². The van der Waals surface area contributed by atoms with Crippen molar-refractivity contribution in [1.82, 2.24) is 0 Å². The SMILES string of the molecule is O=C=C1OC=NC1=O. The van der Waals surface area contributed by atoms with Gasteiger partial charge in [0.2, 0.25) is 0 Å². The zero-order valence-electron chi connectivity index (χ0n) is 3.75. The van der Waals surface area contributed by atoms with E-state index in [4.69, 9.17) is 0 Å². The Labute approximate surface area is 44.5 Å². The van der Waals surface area contributed by atoms with Gasteiger partial charge in [-0.25, -0.2) is 4.79 Å². The molecule has 0 bridgehead atoms. The first-order valence-corrected chi connectivity index (χ1v) is 1.83. The molecule has 0 aromatic heterocycles. The second-order valence-electron chi connectivity index (χ2n) is 1.09. The molecule has 0 fully saturated rings. The summed E-state index contributed by atoms with van der Waals surface area (Å²) in [6.07, 6.45) is 0.905. The molecule has 0 spiro atoms. The van der Waals surface area contributed by atoms with Gasteiger partial charge >= 0.3 is 5.91 Å². The van der Waals surface area contributed by atoms with Gasteiger partial charge in [0.25, 0.3) is 5.76 Å². The van der Waals surface area contributed by atoms with Crippen LogP contribution in [-0.4, -0.2) is 18.2 Å². The predicted molar refractivity (Wildman–Crippen MR) is 23.8 cm³/mol. The molecule has 1 aliphatic heterocycles. The average Bonchev–Trinajstić information content (AvgIpc) is 2.14. The molecule has 0 N–H and O–H groups in total. The molecule has 4 heteroatoms. The zero-order valence-corrected chi connectivity index (χ0v) is 3.75. The van der Waals surface area contributed by atoms with Crippen LogP contribution in [0.25, 0.3) is 0 Å². The van der Waals surface area contributed by atoms with Crippen LogP contribution in [0.5, 0.6) is 0 Å². The number of carbonyl (C=O) groups excluding carboxylic acids is 2. The first kappa shape index (κ1) is 4.74. The largest absolute Gasteiger partial charge is 0.428 e. The molecule has 0 unspecified atom stereocenters. The number of amides is 1. The van der Waals surface area contributed by atoms with Gasteiger partial charge in [-0.1, -0.05) is 0 Å². The number of hydrogen-bond acceptors (Lipinski definition) is 3. The van der Waals surface area contributed by atoms with Crippen molar-refractivity contribution in [2.45, 2.75) is 0 Å². The van der Waals surface area contributed by atoms with E-state index < -0.39 is 5.91 Å². The molecule has 0 saturated carbocycles. The highest BCUT2D eigenvalue weighted by atomic mass is 16.5. The molecule has 0 aliphatic carbocycles. The molecule has 4 nitrogen and oxygen atoms in total. The van der Waals surface area contributed by atoms with Gasteiger partial charge in [-0.05, 0) is 0 Å². The van der Waals surface area contributed by atoms with E-state index in [0.29, 0.717) is 0 Å². The third-order valence-corrected chi connectivity index (χ3v) is 0.627. The summed E-state index contributed by atoms with van der Waals surface area (Å²) < 4.78 is 4.27. The maximum absolute atomic E-state index is 10.2. The van der Waals surface area contributed by atoms with E-state index in [1.165, 1.54) is 5.94 Å². The molecule has 1 heterocycles. The fraction of sp³-hybridized carbons (Fsp3) is 0. The summed E-state index contributed by atoms with van der Waals surface area (Å²) in [5.41, 5.74) is 0. The van der Waals surface area contributed by atoms with E-state index >= 15 is 0 Å². The van der Waals surface area contributed by atoms with Gasteiger partial charge in [0.05, 0.1) is 0 Å². The number of aliphatic imine (C=N–C) groups is 1. The Kier molecular flexibility index (Phi) is 0.946. The molecule has 1 rings (SSSR count). The number of rotatable bonds is 0. The molecule has 0 aromatic carbocycles. The van der Waals surface area contributed by atoms with Crippen molar-refractivity contribution in [3.63, 3.8) is 0 Å². The Morgan fingerprint density at radius 1 is 1.75 bits per heavy atom. The van der Waals surface area contributed by atoms with E-state index in [1.54, 1.807) is 0 Å². The van der Waals surface area contributed by atoms with Crippen molar-refractivity contribution >= 4 is 18.2 Å². The lowest BCUT2D eigenvalue weighted by atomic mass is 10.5. The number of nitrogens with zero attached hydrogens (tertiary/aromatic N) is 1. The highest BCUT2D eigenvalue weighted by Crippen LogP contribution is 1.98. The van der Waals surface area contributed by atoms with Gasteiger partial charge in [-0.2, -0.15) is 4.99 Å². The molecule has 0 aromatic rings. The lowest BCUT2D eigenvalue weighted by Crippen LogP contribution is -1.92. The number of ether oxygens (including phenoxy) is 1. The Morgan fingerprint density at radius 3 is 2.75 bits per heavy atom. The summed E-state index contributed by atoms with van der Waals surface area (Å²) in [5.74, 6) is 0.247. The monoisotopic (exact) mass is 111 g/mol. The topological polar surface area (TPSA) is 55.7 Å². The molecule has 1 amide bonds. The van der Waals surface area contributed by atoms with Crippen molar-refractivity contribution in [3.05, 3.63) is 5.76 Å². The van der Waals surface area contributed by atoms with Crippen molar-refractivity contribution in [1.29, 1.82) is 0 Å². The second kappa shape index (κ2) is 1.60. The molecule has 8 heavy (non-hydrogen) atoms. The Morgan fingerprint density at radius 2 is 2.50 bits per heavy atom. The Hall–Kier alpha value is -1.41. The van der Waals surface area contributed by atoms with Gasteiger partial charge in [0, 0.05) is 0 Å². The predicted octanol–water partition coefficient (Wildman–Crippen LogP) is -0.713. The minimum absolute atomic E-state index is 0.370. The fourth-order valence-corrected chi connectivity index (χ4v) is 0.304. The quantitative estimate of drug-likeness (QED) is 0.306. The zero-order chi connectivity index (χ0) is 5.98. The van der Waals surface area contributed by atoms with Gasteiger partial charge in [0.15, 0.2) is 12.3 Å². The minimum atomic E-state index is -0.667. The maximum atomic E-state index is 10.2. The summed E-state index contributed by atoms with van der Waals surface area (Å²) in [4.78, 5) is 22.9. The molecule has 40 valence electrons.